The van der Waals surface area contributed by atoms with Gasteiger partial charge in [0.1, 0.15) is 0 Å². The Kier molecular flexibility index (Phi) is 5.01. The molecule has 0 spiro atoms. The molecule has 1 aliphatic rings. The average molecular weight is 216 g/mol. The quantitative estimate of drug-likeness (QED) is 0.658. The minimum atomic E-state index is -0.470. The molecule has 0 aromatic heterocycles. The molecule has 0 aromatic carbocycles. The van der Waals surface area contributed by atoms with Gasteiger partial charge in [-0.05, 0) is 20.3 Å². The molecule has 0 aliphatic carbocycles. The summed E-state index contributed by atoms with van der Waals surface area (Å²) in [5, 5.41) is 2.77. The molecule has 15 heavy (non-hydrogen) atoms. The first-order valence-corrected chi connectivity index (χ1v) is 5.35. The highest BCUT2D eigenvalue weighted by Gasteiger charge is 2.18. The first-order chi connectivity index (χ1) is 7.09. The van der Waals surface area contributed by atoms with E-state index in [1.54, 1.807) is 6.92 Å². The summed E-state index contributed by atoms with van der Waals surface area (Å²) in [4.78, 5) is 11.2. The Balaban J connectivity index is 2.12. The number of nitrogens with one attached hydrogen (secondary N) is 1. The van der Waals surface area contributed by atoms with Crippen LogP contribution < -0.4 is 11.1 Å². The fourth-order valence-corrected chi connectivity index (χ4v) is 1.34. The minimum Gasteiger partial charge on any atom is -0.379 e. The smallest absolute Gasteiger partial charge is 0.236 e. The molecule has 1 saturated heterocycles. The Morgan fingerprint density at radius 1 is 1.67 bits per heavy atom. The Morgan fingerprint density at radius 2 is 2.40 bits per heavy atom. The van der Waals surface area contributed by atoms with E-state index in [-0.39, 0.29) is 18.1 Å². The lowest BCUT2D eigenvalue weighted by Crippen LogP contribution is -2.44. The highest BCUT2D eigenvalue weighted by atomic mass is 16.5. The fraction of sp³-hybridized carbons (Fsp3) is 0.900. The van der Waals surface area contributed by atoms with E-state index in [0.29, 0.717) is 13.2 Å². The van der Waals surface area contributed by atoms with E-state index in [9.17, 15) is 4.79 Å². The molecule has 5 nitrogen and oxygen atoms in total. The monoisotopic (exact) mass is 216 g/mol. The third-order valence-corrected chi connectivity index (χ3v) is 2.27. The summed E-state index contributed by atoms with van der Waals surface area (Å²) in [5.74, 6) is -0.145. The predicted octanol–water partition coefficient (Wildman–Crippen LogP) is -0.356. The Bertz CT molecular complexity index is 203. The van der Waals surface area contributed by atoms with Gasteiger partial charge in [0, 0.05) is 12.6 Å². The lowest BCUT2D eigenvalue weighted by molar-refractivity contribution is -0.123. The Morgan fingerprint density at radius 3 is 2.93 bits per heavy atom. The SMILES string of the molecule is CC(COC1CCOC1)NC(=O)[C@@H](C)N. The zero-order chi connectivity index (χ0) is 11.3. The summed E-state index contributed by atoms with van der Waals surface area (Å²) in [5.41, 5.74) is 5.43. The van der Waals surface area contributed by atoms with Crippen molar-refractivity contribution >= 4 is 5.91 Å². The minimum absolute atomic E-state index is 0.0101. The van der Waals surface area contributed by atoms with E-state index in [2.05, 4.69) is 5.32 Å². The first kappa shape index (κ1) is 12.4. The number of rotatable bonds is 5. The topological polar surface area (TPSA) is 73.6 Å². The molecular weight excluding hydrogens is 196 g/mol. The molecule has 0 aromatic rings. The summed E-state index contributed by atoms with van der Waals surface area (Å²) >= 11 is 0. The normalized spacial score (nSPS) is 24.9. The molecule has 1 aliphatic heterocycles. The highest BCUT2D eigenvalue weighted by molar-refractivity contribution is 5.81. The second-order valence-corrected chi connectivity index (χ2v) is 4.02. The van der Waals surface area contributed by atoms with Crippen LogP contribution >= 0.6 is 0 Å². The van der Waals surface area contributed by atoms with Gasteiger partial charge in [-0.2, -0.15) is 0 Å². The molecule has 5 heteroatoms. The van der Waals surface area contributed by atoms with Gasteiger partial charge in [-0.1, -0.05) is 0 Å². The van der Waals surface area contributed by atoms with Crippen LogP contribution in [0.25, 0.3) is 0 Å². The number of hydrogen-bond acceptors (Lipinski definition) is 4. The summed E-state index contributed by atoms with van der Waals surface area (Å²) in [6.45, 7) is 5.50. The van der Waals surface area contributed by atoms with E-state index in [4.69, 9.17) is 15.2 Å². The first-order valence-electron chi connectivity index (χ1n) is 5.35. The van der Waals surface area contributed by atoms with Crippen molar-refractivity contribution in [2.75, 3.05) is 19.8 Å². The van der Waals surface area contributed by atoms with Gasteiger partial charge >= 0.3 is 0 Å². The molecule has 1 amide bonds. The number of amides is 1. The van der Waals surface area contributed by atoms with Crippen molar-refractivity contribution in [2.45, 2.75) is 38.5 Å². The van der Waals surface area contributed by atoms with Gasteiger partial charge in [0.05, 0.1) is 25.4 Å². The predicted molar refractivity (Wildman–Crippen MR) is 56.4 cm³/mol. The molecule has 88 valence electrons. The van der Waals surface area contributed by atoms with Crippen LogP contribution in [0, 0.1) is 0 Å². The van der Waals surface area contributed by atoms with Crippen molar-refractivity contribution < 1.29 is 14.3 Å². The van der Waals surface area contributed by atoms with E-state index in [1.165, 1.54) is 0 Å². The van der Waals surface area contributed by atoms with E-state index in [0.717, 1.165) is 13.0 Å². The van der Waals surface area contributed by atoms with Crippen LogP contribution in [0.4, 0.5) is 0 Å². The number of nitrogens with two attached hydrogens (primary N) is 1. The number of carbonyl (C=O) groups excluding carboxylic acids is 1. The third kappa shape index (κ3) is 4.59. The summed E-state index contributed by atoms with van der Waals surface area (Å²) in [7, 11) is 0. The molecule has 0 saturated carbocycles. The third-order valence-electron chi connectivity index (χ3n) is 2.27. The number of hydrogen-bond donors (Lipinski definition) is 2. The van der Waals surface area contributed by atoms with Crippen LogP contribution in [0.2, 0.25) is 0 Å². The molecule has 3 N–H and O–H groups in total. The maximum absolute atomic E-state index is 11.2. The second-order valence-electron chi connectivity index (χ2n) is 4.02. The summed E-state index contributed by atoms with van der Waals surface area (Å²) < 4.78 is 10.7. The lowest BCUT2D eigenvalue weighted by atomic mass is 10.3. The zero-order valence-electron chi connectivity index (χ0n) is 9.36. The van der Waals surface area contributed by atoms with Crippen molar-refractivity contribution in [3.63, 3.8) is 0 Å². The number of carbonyl (C=O) groups is 1. The highest BCUT2D eigenvalue weighted by Crippen LogP contribution is 2.08. The molecule has 0 radical (unpaired) electrons. The van der Waals surface area contributed by atoms with Crippen LogP contribution in [0.5, 0.6) is 0 Å². The average Bonchev–Trinajstić information content (AvgIpc) is 2.66. The lowest BCUT2D eigenvalue weighted by Gasteiger charge is -2.17. The van der Waals surface area contributed by atoms with Crippen LogP contribution in [0.1, 0.15) is 20.3 Å². The van der Waals surface area contributed by atoms with Crippen molar-refractivity contribution in [3.8, 4) is 0 Å². The van der Waals surface area contributed by atoms with Crippen LogP contribution in [-0.2, 0) is 14.3 Å². The van der Waals surface area contributed by atoms with E-state index in [1.807, 2.05) is 6.92 Å². The summed E-state index contributed by atoms with van der Waals surface area (Å²) in [6.07, 6.45) is 1.12. The van der Waals surface area contributed by atoms with Crippen molar-refractivity contribution in [1.82, 2.24) is 5.32 Å². The van der Waals surface area contributed by atoms with Gasteiger partial charge in [-0.15, -0.1) is 0 Å². The molecule has 1 rings (SSSR count). The molecule has 1 heterocycles. The fourth-order valence-electron chi connectivity index (χ4n) is 1.34. The van der Waals surface area contributed by atoms with Gasteiger partial charge < -0.3 is 20.5 Å². The van der Waals surface area contributed by atoms with E-state index < -0.39 is 6.04 Å². The maximum Gasteiger partial charge on any atom is 0.236 e. The number of ether oxygens (including phenoxy) is 2. The maximum atomic E-state index is 11.2. The van der Waals surface area contributed by atoms with Gasteiger partial charge in [-0.3, -0.25) is 4.79 Å². The second kappa shape index (κ2) is 6.05. The molecule has 0 bridgehead atoms. The largest absolute Gasteiger partial charge is 0.379 e. The van der Waals surface area contributed by atoms with Crippen LogP contribution in [0.15, 0.2) is 0 Å². The summed E-state index contributed by atoms with van der Waals surface area (Å²) in [6, 6.07) is -0.480. The van der Waals surface area contributed by atoms with Gasteiger partial charge in [0.15, 0.2) is 0 Å². The van der Waals surface area contributed by atoms with Crippen LogP contribution in [0.3, 0.4) is 0 Å². The van der Waals surface area contributed by atoms with Gasteiger partial charge in [-0.25, -0.2) is 0 Å². The van der Waals surface area contributed by atoms with E-state index >= 15 is 0 Å². The van der Waals surface area contributed by atoms with Crippen molar-refractivity contribution in [2.24, 2.45) is 5.73 Å². The van der Waals surface area contributed by atoms with Gasteiger partial charge in [0.2, 0.25) is 5.91 Å². The standard InChI is InChI=1S/C10H20N2O3/c1-7(12-10(13)8(2)11)5-15-9-3-4-14-6-9/h7-9H,3-6,11H2,1-2H3,(H,12,13)/t7?,8-,9?/m1/s1. The van der Waals surface area contributed by atoms with Gasteiger partial charge in [0.25, 0.3) is 0 Å². The zero-order valence-corrected chi connectivity index (χ0v) is 9.36. The Labute approximate surface area is 90.3 Å². The van der Waals surface area contributed by atoms with Crippen molar-refractivity contribution in [3.05, 3.63) is 0 Å². The molecule has 3 atom stereocenters. The molecule has 1 fully saturated rings. The Hall–Kier alpha value is -0.650. The molecule has 2 unspecified atom stereocenters. The van der Waals surface area contributed by atoms with Crippen molar-refractivity contribution in [1.29, 1.82) is 0 Å². The van der Waals surface area contributed by atoms with Crippen LogP contribution in [-0.4, -0.2) is 43.9 Å². The molecular formula is C10H20N2O3.